The summed E-state index contributed by atoms with van der Waals surface area (Å²) in [4.78, 5) is 0. The molecular formula is C7H11N. The van der Waals surface area contributed by atoms with Gasteiger partial charge in [0.15, 0.2) is 0 Å². The van der Waals surface area contributed by atoms with E-state index in [4.69, 9.17) is 0 Å². The Morgan fingerprint density at radius 2 is 1.75 bits per heavy atom. The Labute approximate surface area is 49.8 Å². The van der Waals surface area contributed by atoms with Gasteiger partial charge < -0.3 is 5.32 Å². The summed E-state index contributed by atoms with van der Waals surface area (Å²) in [6.45, 7) is 2.50. The molecule has 8 heavy (non-hydrogen) atoms. The van der Waals surface area contributed by atoms with E-state index in [1.807, 2.05) is 0 Å². The highest BCUT2D eigenvalue weighted by molar-refractivity contribution is 5.08. The van der Waals surface area contributed by atoms with Gasteiger partial charge in [0.25, 0.3) is 0 Å². The van der Waals surface area contributed by atoms with Gasteiger partial charge in [0.05, 0.1) is 0 Å². The number of allylic oxidation sites excluding steroid dienone is 2. The van der Waals surface area contributed by atoms with E-state index in [0.717, 1.165) is 0 Å². The fraction of sp³-hybridized carbons (Fsp3) is 0.714. The van der Waals surface area contributed by atoms with Gasteiger partial charge in [0.2, 0.25) is 0 Å². The van der Waals surface area contributed by atoms with Crippen LogP contribution in [-0.2, 0) is 0 Å². The second kappa shape index (κ2) is 1.35. The summed E-state index contributed by atoms with van der Waals surface area (Å²) in [5, 5.41) is 3.30. The smallest absolute Gasteiger partial charge is 0.00262 e. The number of nitrogens with one attached hydrogen (secondary N) is 1. The lowest BCUT2D eigenvalue weighted by molar-refractivity contribution is 0.187. The Morgan fingerprint density at radius 1 is 1.12 bits per heavy atom. The first-order valence-corrected chi connectivity index (χ1v) is 3.27. The summed E-state index contributed by atoms with van der Waals surface area (Å²) in [5.41, 5.74) is 0.694. The zero-order valence-corrected chi connectivity index (χ0v) is 4.98. The summed E-state index contributed by atoms with van der Waals surface area (Å²) in [5.74, 6) is 0. The monoisotopic (exact) mass is 109 g/mol. The molecule has 0 radical (unpaired) electrons. The highest BCUT2D eigenvalue weighted by Gasteiger charge is 2.36. The van der Waals surface area contributed by atoms with Crippen LogP contribution in [0, 0.1) is 5.41 Å². The standard InChI is InChI=1S/C7H11N/c1-2-4-7(3-1)5-8-6-7/h1-2,8H,3-6H2. The molecule has 1 N–H and O–H groups in total. The van der Waals surface area contributed by atoms with Crippen molar-refractivity contribution in [1.29, 1.82) is 0 Å². The van der Waals surface area contributed by atoms with Gasteiger partial charge in [0, 0.05) is 18.5 Å². The van der Waals surface area contributed by atoms with E-state index >= 15 is 0 Å². The molecular weight excluding hydrogens is 98.1 g/mol. The van der Waals surface area contributed by atoms with Gasteiger partial charge in [0.1, 0.15) is 0 Å². The maximum Gasteiger partial charge on any atom is 0.00262 e. The van der Waals surface area contributed by atoms with Gasteiger partial charge in [-0.15, -0.1) is 0 Å². The molecule has 0 unspecified atom stereocenters. The molecule has 1 heterocycles. The molecule has 0 aromatic rings. The Morgan fingerprint density at radius 3 is 2.00 bits per heavy atom. The third-order valence-corrected chi connectivity index (χ3v) is 2.27. The number of hydrogen-bond donors (Lipinski definition) is 1. The van der Waals surface area contributed by atoms with Crippen molar-refractivity contribution in [2.24, 2.45) is 5.41 Å². The van der Waals surface area contributed by atoms with Crippen LogP contribution in [0.2, 0.25) is 0 Å². The molecule has 1 spiro atoms. The Kier molecular flexibility index (Phi) is 0.770. The molecule has 1 aliphatic heterocycles. The molecule has 1 nitrogen and oxygen atoms in total. The Hall–Kier alpha value is -0.300. The van der Waals surface area contributed by atoms with Crippen LogP contribution in [0.25, 0.3) is 0 Å². The second-order valence-electron chi connectivity index (χ2n) is 2.98. The summed E-state index contributed by atoms with van der Waals surface area (Å²) in [7, 11) is 0. The van der Waals surface area contributed by atoms with Crippen molar-refractivity contribution in [3.63, 3.8) is 0 Å². The molecule has 2 aliphatic rings. The van der Waals surface area contributed by atoms with Gasteiger partial charge in [-0.05, 0) is 12.8 Å². The summed E-state index contributed by atoms with van der Waals surface area (Å²) < 4.78 is 0. The normalized spacial score (nSPS) is 31.0. The molecule has 0 atom stereocenters. The van der Waals surface area contributed by atoms with Crippen molar-refractivity contribution >= 4 is 0 Å². The average molecular weight is 109 g/mol. The van der Waals surface area contributed by atoms with Crippen LogP contribution in [0.3, 0.4) is 0 Å². The fourth-order valence-corrected chi connectivity index (χ4v) is 1.52. The minimum absolute atomic E-state index is 0.694. The second-order valence-corrected chi connectivity index (χ2v) is 2.98. The maximum absolute atomic E-state index is 3.30. The van der Waals surface area contributed by atoms with E-state index in [9.17, 15) is 0 Å². The molecule has 0 amide bonds. The van der Waals surface area contributed by atoms with Gasteiger partial charge in [-0.25, -0.2) is 0 Å². The molecule has 2 rings (SSSR count). The van der Waals surface area contributed by atoms with E-state index in [0.29, 0.717) is 5.41 Å². The van der Waals surface area contributed by atoms with Gasteiger partial charge in [-0.1, -0.05) is 12.2 Å². The van der Waals surface area contributed by atoms with Gasteiger partial charge >= 0.3 is 0 Å². The van der Waals surface area contributed by atoms with E-state index in [1.165, 1.54) is 25.9 Å². The van der Waals surface area contributed by atoms with Crippen LogP contribution in [0.5, 0.6) is 0 Å². The van der Waals surface area contributed by atoms with E-state index in [1.54, 1.807) is 0 Å². The number of rotatable bonds is 0. The zero-order chi connectivity index (χ0) is 5.45. The molecule has 1 aliphatic carbocycles. The highest BCUT2D eigenvalue weighted by Crippen LogP contribution is 2.36. The minimum Gasteiger partial charge on any atom is -0.315 e. The number of hydrogen-bond acceptors (Lipinski definition) is 1. The zero-order valence-electron chi connectivity index (χ0n) is 4.98. The van der Waals surface area contributed by atoms with Crippen molar-refractivity contribution in [2.45, 2.75) is 12.8 Å². The Balaban J connectivity index is 2.06. The van der Waals surface area contributed by atoms with Crippen molar-refractivity contribution in [3.05, 3.63) is 12.2 Å². The van der Waals surface area contributed by atoms with Crippen molar-refractivity contribution in [2.75, 3.05) is 13.1 Å². The minimum atomic E-state index is 0.694. The molecule has 44 valence electrons. The molecule has 1 saturated heterocycles. The average Bonchev–Trinajstić information content (AvgIpc) is 2.07. The quantitative estimate of drug-likeness (QED) is 0.456. The third-order valence-electron chi connectivity index (χ3n) is 2.27. The van der Waals surface area contributed by atoms with Crippen LogP contribution < -0.4 is 5.32 Å². The lowest BCUT2D eigenvalue weighted by Crippen LogP contribution is -2.51. The van der Waals surface area contributed by atoms with E-state index < -0.39 is 0 Å². The predicted molar refractivity (Wildman–Crippen MR) is 33.7 cm³/mol. The van der Waals surface area contributed by atoms with Crippen LogP contribution in [0.1, 0.15) is 12.8 Å². The third kappa shape index (κ3) is 0.451. The highest BCUT2D eigenvalue weighted by atomic mass is 15.0. The molecule has 0 aromatic carbocycles. The van der Waals surface area contributed by atoms with Crippen LogP contribution >= 0.6 is 0 Å². The van der Waals surface area contributed by atoms with Gasteiger partial charge in [-0.2, -0.15) is 0 Å². The van der Waals surface area contributed by atoms with Crippen LogP contribution in [0.15, 0.2) is 12.2 Å². The van der Waals surface area contributed by atoms with Crippen LogP contribution in [0.4, 0.5) is 0 Å². The molecule has 1 heteroatoms. The lowest BCUT2D eigenvalue weighted by atomic mass is 9.80. The molecule has 1 fully saturated rings. The van der Waals surface area contributed by atoms with Crippen molar-refractivity contribution < 1.29 is 0 Å². The van der Waals surface area contributed by atoms with Gasteiger partial charge in [-0.3, -0.25) is 0 Å². The largest absolute Gasteiger partial charge is 0.315 e. The topological polar surface area (TPSA) is 12.0 Å². The summed E-state index contributed by atoms with van der Waals surface area (Å²) in [6.07, 6.45) is 7.25. The van der Waals surface area contributed by atoms with Crippen LogP contribution in [-0.4, -0.2) is 13.1 Å². The Bertz CT molecular complexity index is 112. The van der Waals surface area contributed by atoms with Crippen molar-refractivity contribution in [3.8, 4) is 0 Å². The summed E-state index contributed by atoms with van der Waals surface area (Å²) in [6, 6.07) is 0. The first-order chi connectivity index (χ1) is 3.91. The first kappa shape index (κ1) is 4.57. The first-order valence-electron chi connectivity index (χ1n) is 3.27. The van der Waals surface area contributed by atoms with E-state index in [2.05, 4.69) is 17.5 Å². The molecule has 0 aromatic heterocycles. The fourth-order valence-electron chi connectivity index (χ4n) is 1.52. The molecule has 0 saturated carbocycles. The summed E-state index contributed by atoms with van der Waals surface area (Å²) >= 11 is 0. The lowest BCUT2D eigenvalue weighted by Gasteiger charge is -2.39. The van der Waals surface area contributed by atoms with E-state index in [-0.39, 0.29) is 0 Å². The predicted octanol–water partition coefficient (Wildman–Crippen LogP) is 0.926. The SMILES string of the molecule is C1=CCC2(C1)CNC2. The van der Waals surface area contributed by atoms with Crippen molar-refractivity contribution in [1.82, 2.24) is 5.32 Å². The maximum atomic E-state index is 3.30. The molecule has 0 bridgehead atoms.